The Morgan fingerprint density at radius 3 is 2.78 bits per heavy atom. The topological polar surface area (TPSA) is 37.9 Å². The first kappa shape index (κ1) is 11.1. The number of ether oxygens (including phenoxy) is 1. The van der Waals surface area contributed by atoms with Gasteiger partial charge in [-0.2, -0.15) is 5.10 Å². The van der Waals surface area contributed by atoms with E-state index in [1.54, 1.807) is 0 Å². The highest BCUT2D eigenvalue weighted by atomic mass is 16.5. The fraction of sp³-hybridized carbons (Fsp3) is 0.267. The lowest BCUT2D eigenvalue weighted by Gasteiger charge is -2.27. The van der Waals surface area contributed by atoms with Gasteiger partial charge in [0.25, 0.3) is 0 Å². The Morgan fingerprint density at radius 1 is 1.22 bits per heavy atom. The summed E-state index contributed by atoms with van der Waals surface area (Å²) in [6, 6.07) is 8.21. The van der Waals surface area contributed by atoms with Crippen molar-refractivity contribution in [2.75, 3.05) is 0 Å². The highest BCUT2D eigenvalue weighted by molar-refractivity contribution is 5.70. The molecule has 0 radical (unpaired) electrons. The van der Waals surface area contributed by atoms with Gasteiger partial charge in [0, 0.05) is 16.8 Å². The SMILES string of the molecule is Cc1cc(-c2ccc3c(c2)C=CC(C)(C)O3)n[nH]1. The molecule has 0 spiro atoms. The minimum Gasteiger partial charge on any atom is -0.483 e. The van der Waals surface area contributed by atoms with Gasteiger partial charge in [0.05, 0.1) is 5.69 Å². The quantitative estimate of drug-likeness (QED) is 0.827. The van der Waals surface area contributed by atoms with Crippen LogP contribution in [0.15, 0.2) is 30.3 Å². The molecule has 0 saturated carbocycles. The largest absolute Gasteiger partial charge is 0.483 e. The Bertz CT molecular complexity index is 623. The van der Waals surface area contributed by atoms with E-state index in [2.05, 4.69) is 42.3 Å². The maximum atomic E-state index is 5.90. The summed E-state index contributed by atoms with van der Waals surface area (Å²) in [6.07, 6.45) is 4.19. The number of hydrogen-bond acceptors (Lipinski definition) is 2. The van der Waals surface area contributed by atoms with E-state index in [4.69, 9.17) is 4.74 Å². The second-order valence-corrected chi connectivity index (χ2v) is 5.23. The van der Waals surface area contributed by atoms with Gasteiger partial charge in [0.15, 0.2) is 0 Å². The molecule has 0 aliphatic carbocycles. The van der Waals surface area contributed by atoms with Crippen molar-refractivity contribution in [2.24, 2.45) is 0 Å². The monoisotopic (exact) mass is 240 g/mol. The Labute approximate surface area is 106 Å². The molecule has 3 nitrogen and oxygen atoms in total. The second kappa shape index (κ2) is 3.73. The number of aromatic amines is 1. The molecule has 92 valence electrons. The van der Waals surface area contributed by atoms with Crippen LogP contribution in [-0.4, -0.2) is 15.8 Å². The first-order valence-corrected chi connectivity index (χ1v) is 6.08. The molecule has 3 rings (SSSR count). The third kappa shape index (κ3) is 1.92. The van der Waals surface area contributed by atoms with Gasteiger partial charge in [-0.1, -0.05) is 6.08 Å². The molecule has 0 unspecified atom stereocenters. The molecule has 0 amide bonds. The molecule has 3 heteroatoms. The number of aromatic nitrogens is 2. The fourth-order valence-corrected chi connectivity index (χ4v) is 2.10. The van der Waals surface area contributed by atoms with Crippen LogP contribution in [0.2, 0.25) is 0 Å². The van der Waals surface area contributed by atoms with Gasteiger partial charge in [0.1, 0.15) is 11.4 Å². The predicted octanol–water partition coefficient (Wildman–Crippen LogP) is 3.57. The van der Waals surface area contributed by atoms with Crippen molar-refractivity contribution in [3.8, 4) is 17.0 Å². The first-order chi connectivity index (χ1) is 8.53. The van der Waals surface area contributed by atoms with E-state index in [-0.39, 0.29) is 5.60 Å². The van der Waals surface area contributed by atoms with Gasteiger partial charge in [-0.15, -0.1) is 0 Å². The smallest absolute Gasteiger partial charge is 0.127 e. The third-order valence-electron chi connectivity index (χ3n) is 3.05. The highest BCUT2D eigenvalue weighted by Gasteiger charge is 2.21. The highest BCUT2D eigenvalue weighted by Crippen LogP contribution is 2.33. The van der Waals surface area contributed by atoms with Crippen molar-refractivity contribution < 1.29 is 4.74 Å². The molecule has 1 aliphatic rings. The zero-order valence-corrected chi connectivity index (χ0v) is 10.8. The third-order valence-corrected chi connectivity index (χ3v) is 3.05. The molecule has 2 heterocycles. The molecule has 0 atom stereocenters. The normalized spacial score (nSPS) is 16.2. The van der Waals surface area contributed by atoms with Crippen LogP contribution in [-0.2, 0) is 0 Å². The lowest BCUT2D eigenvalue weighted by molar-refractivity contribution is 0.159. The Balaban J connectivity index is 2.02. The average molecular weight is 240 g/mol. The van der Waals surface area contributed by atoms with Crippen molar-refractivity contribution >= 4 is 6.08 Å². The van der Waals surface area contributed by atoms with Crippen molar-refractivity contribution in [1.82, 2.24) is 10.2 Å². The lowest BCUT2D eigenvalue weighted by Crippen LogP contribution is -2.27. The Hall–Kier alpha value is -2.03. The number of hydrogen-bond donors (Lipinski definition) is 1. The summed E-state index contributed by atoms with van der Waals surface area (Å²) >= 11 is 0. The van der Waals surface area contributed by atoms with Crippen LogP contribution in [0, 0.1) is 6.92 Å². The molecule has 1 aromatic heterocycles. The van der Waals surface area contributed by atoms with Gasteiger partial charge in [0.2, 0.25) is 0 Å². The second-order valence-electron chi connectivity index (χ2n) is 5.23. The number of nitrogens with one attached hydrogen (secondary N) is 1. The van der Waals surface area contributed by atoms with Crippen LogP contribution in [0.1, 0.15) is 25.1 Å². The number of rotatable bonds is 1. The molecule has 1 aliphatic heterocycles. The summed E-state index contributed by atoms with van der Waals surface area (Å²) in [5, 5.41) is 7.23. The molecule has 2 aromatic rings. The zero-order chi connectivity index (χ0) is 12.8. The van der Waals surface area contributed by atoms with E-state index in [9.17, 15) is 0 Å². The number of benzene rings is 1. The number of nitrogens with zero attached hydrogens (tertiary/aromatic N) is 1. The zero-order valence-electron chi connectivity index (χ0n) is 10.8. The maximum Gasteiger partial charge on any atom is 0.127 e. The lowest BCUT2D eigenvalue weighted by atomic mass is 10.00. The van der Waals surface area contributed by atoms with Gasteiger partial charge >= 0.3 is 0 Å². The van der Waals surface area contributed by atoms with E-state index < -0.39 is 0 Å². The van der Waals surface area contributed by atoms with E-state index in [1.165, 1.54) is 0 Å². The molecular weight excluding hydrogens is 224 g/mol. The summed E-state index contributed by atoms with van der Waals surface area (Å²) in [5.41, 5.74) is 4.01. The van der Waals surface area contributed by atoms with Gasteiger partial charge < -0.3 is 4.74 Å². The van der Waals surface area contributed by atoms with Crippen molar-refractivity contribution in [1.29, 1.82) is 0 Å². The van der Waals surface area contributed by atoms with Crippen LogP contribution < -0.4 is 4.74 Å². The van der Waals surface area contributed by atoms with Crippen LogP contribution in [0.5, 0.6) is 5.75 Å². The molecule has 0 saturated heterocycles. The average Bonchev–Trinajstić information content (AvgIpc) is 2.74. The van der Waals surface area contributed by atoms with Crippen molar-refractivity contribution in [3.63, 3.8) is 0 Å². The van der Waals surface area contributed by atoms with E-state index in [0.29, 0.717) is 0 Å². The van der Waals surface area contributed by atoms with Gasteiger partial charge in [-0.25, -0.2) is 0 Å². The summed E-state index contributed by atoms with van der Waals surface area (Å²) in [5.74, 6) is 0.929. The Kier molecular flexibility index (Phi) is 2.30. The predicted molar refractivity (Wildman–Crippen MR) is 72.5 cm³/mol. The number of aryl methyl sites for hydroxylation is 1. The molecular formula is C15H16N2O. The molecule has 1 aromatic carbocycles. The standard InChI is InChI=1S/C15H16N2O/c1-10-8-13(17-16-10)11-4-5-14-12(9-11)6-7-15(2,3)18-14/h4-9H,1-3H3,(H,16,17). The molecule has 18 heavy (non-hydrogen) atoms. The van der Waals surface area contributed by atoms with Crippen LogP contribution >= 0.6 is 0 Å². The van der Waals surface area contributed by atoms with E-state index >= 15 is 0 Å². The van der Waals surface area contributed by atoms with E-state index in [0.717, 1.165) is 28.3 Å². The Morgan fingerprint density at radius 2 is 2.06 bits per heavy atom. The molecule has 0 bridgehead atoms. The van der Waals surface area contributed by atoms with Crippen molar-refractivity contribution in [2.45, 2.75) is 26.4 Å². The van der Waals surface area contributed by atoms with Gasteiger partial charge in [-0.3, -0.25) is 5.10 Å². The van der Waals surface area contributed by atoms with Gasteiger partial charge in [-0.05, 0) is 51.1 Å². The van der Waals surface area contributed by atoms with Crippen molar-refractivity contribution in [3.05, 3.63) is 41.6 Å². The van der Waals surface area contributed by atoms with Crippen LogP contribution in [0.3, 0.4) is 0 Å². The van der Waals surface area contributed by atoms with Crippen LogP contribution in [0.25, 0.3) is 17.3 Å². The maximum absolute atomic E-state index is 5.90. The first-order valence-electron chi connectivity index (χ1n) is 6.08. The minimum absolute atomic E-state index is 0.225. The van der Waals surface area contributed by atoms with E-state index in [1.807, 2.05) is 25.1 Å². The summed E-state index contributed by atoms with van der Waals surface area (Å²) < 4.78 is 5.90. The number of H-pyrrole nitrogens is 1. The minimum atomic E-state index is -0.225. The molecule has 0 fully saturated rings. The summed E-state index contributed by atoms with van der Waals surface area (Å²) in [4.78, 5) is 0. The summed E-state index contributed by atoms with van der Waals surface area (Å²) in [7, 11) is 0. The van der Waals surface area contributed by atoms with Crippen LogP contribution in [0.4, 0.5) is 0 Å². The molecule has 1 N–H and O–H groups in total. The number of fused-ring (bicyclic) bond motifs is 1. The summed E-state index contributed by atoms with van der Waals surface area (Å²) in [6.45, 7) is 6.11. The fourth-order valence-electron chi connectivity index (χ4n) is 2.10.